The Morgan fingerprint density at radius 3 is 2.64 bits per heavy atom. The molecule has 2 aliphatic heterocycles. The fourth-order valence-corrected chi connectivity index (χ4v) is 4.67. The number of carbonyl (C=O) groups excluding carboxylic acids is 3. The lowest BCUT2D eigenvalue weighted by atomic mass is 9.79. The lowest BCUT2D eigenvalue weighted by Crippen LogP contribution is -2.82. The predicted octanol–water partition coefficient (Wildman–Crippen LogP) is 1.35. The van der Waals surface area contributed by atoms with Crippen molar-refractivity contribution in [3.05, 3.63) is 28.8 Å². The van der Waals surface area contributed by atoms with Gasteiger partial charge in [0.15, 0.2) is 0 Å². The number of rotatable bonds is 6. The molecular formula is C18H20N2O7S. The first kappa shape index (κ1) is 20.0. The molecule has 0 spiro atoms. The Morgan fingerprint density at radius 2 is 2.14 bits per heavy atom. The molecule has 1 fully saturated rings. The Kier molecular flexibility index (Phi) is 5.26. The number of β-lactam (4-membered cyclic amide) rings is 1. The quantitative estimate of drug-likeness (QED) is 0.429. The van der Waals surface area contributed by atoms with E-state index in [1.807, 2.05) is 0 Å². The van der Waals surface area contributed by atoms with Gasteiger partial charge in [0, 0.05) is 14.0 Å². The summed E-state index contributed by atoms with van der Waals surface area (Å²) in [4.78, 5) is 51.9. The van der Waals surface area contributed by atoms with Crippen LogP contribution in [0.5, 0.6) is 0 Å². The molecule has 2 amide bonds. The largest absolute Gasteiger partial charge is 0.477 e. The summed E-state index contributed by atoms with van der Waals surface area (Å²) in [5.41, 5.74) is -2.13. The molecule has 28 heavy (non-hydrogen) atoms. The van der Waals surface area contributed by atoms with E-state index in [1.165, 1.54) is 30.3 Å². The first-order valence-electron chi connectivity index (χ1n) is 8.67. The molecule has 150 valence electrons. The number of fused-ring (bicyclic) bond motifs is 1. The van der Waals surface area contributed by atoms with Crippen molar-refractivity contribution in [2.45, 2.75) is 38.5 Å². The van der Waals surface area contributed by atoms with E-state index in [9.17, 15) is 24.3 Å². The summed E-state index contributed by atoms with van der Waals surface area (Å²) in [6.45, 7) is 3.02. The molecule has 1 aromatic heterocycles. The van der Waals surface area contributed by atoms with Gasteiger partial charge in [-0.2, -0.15) is 0 Å². The van der Waals surface area contributed by atoms with Gasteiger partial charge in [0.2, 0.25) is 11.6 Å². The summed E-state index contributed by atoms with van der Waals surface area (Å²) < 4.78 is 10.5. The second-order valence-electron chi connectivity index (χ2n) is 6.29. The van der Waals surface area contributed by atoms with E-state index in [-0.39, 0.29) is 25.0 Å². The zero-order valence-corrected chi connectivity index (χ0v) is 16.4. The van der Waals surface area contributed by atoms with Gasteiger partial charge >= 0.3 is 11.9 Å². The molecule has 1 aromatic rings. The number of methoxy groups -OCH3 is 1. The van der Waals surface area contributed by atoms with Gasteiger partial charge in [-0.05, 0) is 37.3 Å². The van der Waals surface area contributed by atoms with E-state index in [2.05, 4.69) is 0 Å². The highest BCUT2D eigenvalue weighted by Crippen LogP contribution is 2.48. The minimum absolute atomic E-state index is 0.0610. The van der Waals surface area contributed by atoms with Crippen LogP contribution in [-0.4, -0.2) is 59.2 Å². The van der Waals surface area contributed by atoms with E-state index in [4.69, 9.17) is 9.47 Å². The third kappa shape index (κ3) is 2.71. The number of carboxylic acid groups (broad SMARTS) is 1. The Hall–Kier alpha value is -2.72. The van der Waals surface area contributed by atoms with Gasteiger partial charge in [0.05, 0.1) is 18.2 Å². The topological polar surface area (TPSA) is 113 Å². The summed E-state index contributed by atoms with van der Waals surface area (Å²) >= 11 is 1.26. The second kappa shape index (κ2) is 7.36. The van der Waals surface area contributed by atoms with Crippen LogP contribution in [0.4, 0.5) is 5.00 Å². The second-order valence-corrected chi connectivity index (χ2v) is 7.21. The number of amides is 2. The van der Waals surface area contributed by atoms with E-state index in [0.29, 0.717) is 5.00 Å². The lowest BCUT2D eigenvalue weighted by Gasteiger charge is -2.59. The van der Waals surface area contributed by atoms with Crippen molar-refractivity contribution in [1.82, 2.24) is 4.90 Å². The molecule has 10 heteroatoms. The average Bonchev–Trinajstić information content (AvgIpc) is 3.17. The highest BCUT2D eigenvalue weighted by Gasteiger charge is 2.69. The number of hydrogen-bond donors (Lipinski definition) is 1. The van der Waals surface area contributed by atoms with Gasteiger partial charge in [-0.15, -0.1) is 11.3 Å². The van der Waals surface area contributed by atoms with Gasteiger partial charge in [-0.1, -0.05) is 0 Å². The molecule has 2 aliphatic rings. The Labute approximate surface area is 165 Å². The number of aliphatic carboxylic acids is 1. The van der Waals surface area contributed by atoms with Gasteiger partial charge in [0.1, 0.15) is 10.7 Å². The molecule has 0 aliphatic carbocycles. The summed E-state index contributed by atoms with van der Waals surface area (Å²) in [7, 11) is 1.31. The number of hydrogen-bond acceptors (Lipinski definition) is 7. The maximum absolute atomic E-state index is 13.2. The summed E-state index contributed by atoms with van der Waals surface area (Å²) in [5, 5.41) is 11.9. The highest BCUT2D eigenvalue weighted by molar-refractivity contribution is 7.14. The summed E-state index contributed by atoms with van der Waals surface area (Å²) in [6, 6.07) is 2.69. The van der Waals surface area contributed by atoms with Crippen molar-refractivity contribution in [1.29, 1.82) is 0 Å². The van der Waals surface area contributed by atoms with Crippen molar-refractivity contribution in [3.8, 4) is 0 Å². The minimum atomic E-state index is -1.66. The van der Waals surface area contributed by atoms with Crippen molar-refractivity contribution in [2.75, 3.05) is 18.6 Å². The maximum Gasteiger partial charge on any atom is 0.353 e. The third-order valence-corrected chi connectivity index (χ3v) is 5.75. The molecule has 1 saturated heterocycles. The van der Waals surface area contributed by atoms with E-state index < -0.39 is 41.2 Å². The van der Waals surface area contributed by atoms with E-state index in [1.54, 1.807) is 24.4 Å². The van der Waals surface area contributed by atoms with Crippen LogP contribution in [0.2, 0.25) is 0 Å². The Balaban J connectivity index is 2.08. The third-order valence-electron chi connectivity index (χ3n) is 4.89. The molecular weight excluding hydrogens is 388 g/mol. The SMILES string of the molecule is CCOC(=O)C1=C(C(=O)O)N2C(=O)[C@@](OC)(N(C(C)=O)c3cccs3)[C@H]2CC1. The van der Waals surface area contributed by atoms with Crippen LogP contribution in [0.15, 0.2) is 28.8 Å². The minimum Gasteiger partial charge on any atom is -0.477 e. The van der Waals surface area contributed by atoms with Crippen LogP contribution in [0.25, 0.3) is 0 Å². The van der Waals surface area contributed by atoms with Crippen LogP contribution in [0.3, 0.4) is 0 Å². The molecule has 2 atom stereocenters. The normalized spacial score (nSPS) is 23.8. The Morgan fingerprint density at radius 1 is 1.43 bits per heavy atom. The molecule has 0 radical (unpaired) electrons. The average molecular weight is 408 g/mol. The molecule has 0 aromatic carbocycles. The Bertz CT molecular complexity index is 863. The molecule has 9 nitrogen and oxygen atoms in total. The van der Waals surface area contributed by atoms with Crippen LogP contribution in [-0.2, 0) is 28.7 Å². The summed E-state index contributed by atoms with van der Waals surface area (Å²) in [6.07, 6.45) is 0.343. The standard InChI is InChI=1S/C18H20N2O7S/c1-4-27-16(24)11-7-8-12-18(26-3,17(25)19(12)14(11)15(22)23)20(10(2)21)13-6-5-9-28-13/h5-6,9,12H,4,7-8H2,1-3H3,(H,22,23)/t12-,18-/m1/s1. The molecule has 0 saturated carbocycles. The van der Waals surface area contributed by atoms with Crippen molar-refractivity contribution in [2.24, 2.45) is 0 Å². The molecule has 1 N–H and O–H groups in total. The number of ether oxygens (including phenoxy) is 2. The van der Waals surface area contributed by atoms with Gasteiger partial charge in [-0.25, -0.2) is 9.59 Å². The number of carboxylic acids is 1. The zero-order valence-electron chi connectivity index (χ0n) is 15.6. The van der Waals surface area contributed by atoms with Crippen LogP contribution < -0.4 is 4.90 Å². The highest BCUT2D eigenvalue weighted by atomic mass is 32.1. The predicted molar refractivity (Wildman–Crippen MR) is 98.4 cm³/mol. The van der Waals surface area contributed by atoms with Crippen LogP contribution in [0.1, 0.15) is 26.7 Å². The molecule has 0 bridgehead atoms. The van der Waals surface area contributed by atoms with E-state index in [0.717, 1.165) is 4.90 Å². The number of anilines is 1. The number of esters is 1. The molecule has 0 unspecified atom stereocenters. The van der Waals surface area contributed by atoms with Crippen molar-refractivity contribution in [3.63, 3.8) is 0 Å². The maximum atomic E-state index is 13.2. The van der Waals surface area contributed by atoms with Crippen molar-refractivity contribution < 1.29 is 33.8 Å². The smallest absolute Gasteiger partial charge is 0.353 e. The fraction of sp³-hybridized carbons (Fsp3) is 0.444. The number of thiophene rings is 1. The fourth-order valence-electron chi connectivity index (χ4n) is 3.85. The van der Waals surface area contributed by atoms with E-state index >= 15 is 0 Å². The van der Waals surface area contributed by atoms with Gasteiger partial charge in [-0.3, -0.25) is 19.4 Å². The van der Waals surface area contributed by atoms with Crippen LogP contribution >= 0.6 is 11.3 Å². The summed E-state index contributed by atoms with van der Waals surface area (Å²) in [5.74, 6) is -3.28. The number of nitrogens with zero attached hydrogens (tertiary/aromatic N) is 2. The lowest BCUT2D eigenvalue weighted by molar-refractivity contribution is -0.198. The molecule has 3 heterocycles. The first-order valence-corrected chi connectivity index (χ1v) is 9.55. The van der Waals surface area contributed by atoms with Crippen LogP contribution in [0, 0.1) is 0 Å². The number of carbonyl (C=O) groups is 4. The monoisotopic (exact) mass is 408 g/mol. The van der Waals surface area contributed by atoms with Gasteiger partial charge < -0.3 is 14.6 Å². The zero-order chi connectivity index (χ0) is 20.6. The van der Waals surface area contributed by atoms with Crippen molar-refractivity contribution >= 4 is 40.1 Å². The first-order chi connectivity index (χ1) is 13.3. The molecule has 3 rings (SSSR count). The van der Waals surface area contributed by atoms with Gasteiger partial charge in [0.25, 0.3) is 5.91 Å².